The zero-order valence-electron chi connectivity index (χ0n) is 18.4. The number of aromatic nitrogens is 2. The highest BCUT2D eigenvalue weighted by atomic mass is 16.5. The topological polar surface area (TPSA) is 56.2 Å². The van der Waals surface area contributed by atoms with Gasteiger partial charge in [0.05, 0.1) is 23.7 Å². The minimum absolute atomic E-state index is 0.0346. The number of hydrogen-bond acceptors (Lipinski definition) is 3. The number of fused-ring (bicyclic) bond motifs is 1. The monoisotopic (exact) mass is 427 g/mol. The molecule has 164 valence electrons. The summed E-state index contributed by atoms with van der Waals surface area (Å²) in [4.78, 5) is 17.4. The first kappa shape index (κ1) is 21.6. The highest BCUT2D eigenvalue weighted by Crippen LogP contribution is 2.22. The maximum atomic E-state index is 12.6. The van der Waals surface area contributed by atoms with Gasteiger partial charge in [0.25, 0.3) is 0 Å². The molecule has 4 aromatic rings. The van der Waals surface area contributed by atoms with Crippen LogP contribution in [0, 0.1) is 0 Å². The van der Waals surface area contributed by atoms with Crippen LogP contribution in [0.15, 0.2) is 84.9 Å². The van der Waals surface area contributed by atoms with E-state index in [1.807, 2.05) is 85.8 Å². The normalized spacial score (nSPS) is 11.9. The minimum atomic E-state index is -0.180. The van der Waals surface area contributed by atoms with Gasteiger partial charge in [0.2, 0.25) is 5.91 Å². The summed E-state index contributed by atoms with van der Waals surface area (Å²) in [6.07, 6.45) is 2.03. The number of benzene rings is 3. The maximum absolute atomic E-state index is 12.6. The number of imidazole rings is 1. The highest BCUT2D eigenvalue weighted by Gasteiger charge is 2.18. The molecular formula is C27H29N3O2. The average Bonchev–Trinajstić information content (AvgIpc) is 3.21. The molecule has 1 N–H and O–H groups in total. The summed E-state index contributed by atoms with van der Waals surface area (Å²) < 4.78 is 8.05. The molecular weight excluding hydrogens is 398 g/mol. The van der Waals surface area contributed by atoms with Crippen molar-refractivity contribution in [3.8, 4) is 5.75 Å². The molecule has 0 spiro atoms. The molecule has 1 heterocycles. The van der Waals surface area contributed by atoms with Gasteiger partial charge in [-0.2, -0.15) is 0 Å². The fourth-order valence-electron chi connectivity index (χ4n) is 3.87. The van der Waals surface area contributed by atoms with Gasteiger partial charge in [0.1, 0.15) is 11.6 Å². The zero-order valence-corrected chi connectivity index (χ0v) is 18.4. The Kier molecular flexibility index (Phi) is 7.18. The van der Waals surface area contributed by atoms with Crippen molar-refractivity contribution in [3.63, 3.8) is 0 Å². The molecule has 0 radical (unpaired) electrons. The summed E-state index contributed by atoms with van der Waals surface area (Å²) in [7, 11) is 0. The lowest BCUT2D eigenvalue weighted by atomic mass is 10.1. The van der Waals surface area contributed by atoms with E-state index in [2.05, 4.69) is 16.0 Å². The van der Waals surface area contributed by atoms with Crippen LogP contribution in [-0.4, -0.2) is 22.1 Å². The van der Waals surface area contributed by atoms with Gasteiger partial charge in [-0.3, -0.25) is 4.79 Å². The molecule has 32 heavy (non-hydrogen) atoms. The van der Waals surface area contributed by atoms with E-state index in [1.165, 1.54) is 5.56 Å². The van der Waals surface area contributed by atoms with Gasteiger partial charge < -0.3 is 14.6 Å². The highest BCUT2D eigenvalue weighted by molar-refractivity contribution is 5.78. The Morgan fingerprint density at radius 3 is 2.44 bits per heavy atom. The van der Waals surface area contributed by atoms with Crippen LogP contribution in [0.1, 0.15) is 37.2 Å². The van der Waals surface area contributed by atoms with E-state index in [4.69, 9.17) is 9.72 Å². The van der Waals surface area contributed by atoms with E-state index in [1.54, 1.807) is 0 Å². The van der Waals surface area contributed by atoms with Gasteiger partial charge in [-0.05, 0) is 49.6 Å². The first-order chi connectivity index (χ1) is 15.7. The first-order valence-corrected chi connectivity index (χ1v) is 11.2. The van der Waals surface area contributed by atoms with Crippen molar-refractivity contribution in [2.75, 3.05) is 6.61 Å². The van der Waals surface area contributed by atoms with E-state index < -0.39 is 0 Å². The van der Waals surface area contributed by atoms with Crippen LogP contribution in [0.4, 0.5) is 0 Å². The molecule has 0 bridgehead atoms. The summed E-state index contributed by atoms with van der Waals surface area (Å²) in [6.45, 7) is 3.39. The molecule has 4 rings (SSSR count). The number of aryl methyl sites for hydroxylation is 2. The van der Waals surface area contributed by atoms with E-state index in [-0.39, 0.29) is 11.9 Å². The van der Waals surface area contributed by atoms with Crippen molar-refractivity contribution >= 4 is 16.9 Å². The Hall–Kier alpha value is -3.60. The molecule has 0 aliphatic heterocycles. The molecule has 1 unspecified atom stereocenters. The summed E-state index contributed by atoms with van der Waals surface area (Å²) in [6, 6.07) is 27.9. The van der Waals surface area contributed by atoms with E-state index >= 15 is 0 Å². The van der Waals surface area contributed by atoms with Crippen molar-refractivity contribution in [2.45, 2.75) is 38.8 Å². The quantitative estimate of drug-likeness (QED) is 0.349. The summed E-state index contributed by atoms with van der Waals surface area (Å²) >= 11 is 0. The van der Waals surface area contributed by atoms with Crippen LogP contribution in [0.25, 0.3) is 11.0 Å². The summed E-state index contributed by atoms with van der Waals surface area (Å²) in [5.41, 5.74) is 3.19. The van der Waals surface area contributed by atoms with Gasteiger partial charge in [0, 0.05) is 13.0 Å². The lowest BCUT2D eigenvalue weighted by molar-refractivity contribution is -0.121. The summed E-state index contributed by atoms with van der Waals surface area (Å²) in [5.74, 6) is 1.79. The first-order valence-electron chi connectivity index (χ1n) is 11.2. The van der Waals surface area contributed by atoms with E-state index in [0.29, 0.717) is 13.0 Å². The number of hydrogen-bond donors (Lipinski definition) is 1. The average molecular weight is 428 g/mol. The third kappa shape index (κ3) is 5.55. The molecule has 0 aliphatic carbocycles. The van der Waals surface area contributed by atoms with Crippen molar-refractivity contribution in [1.82, 2.24) is 14.9 Å². The van der Waals surface area contributed by atoms with Crippen LogP contribution in [0.3, 0.4) is 0 Å². The van der Waals surface area contributed by atoms with E-state index in [9.17, 15) is 4.79 Å². The van der Waals surface area contributed by atoms with Gasteiger partial charge >= 0.3 is 0 Å². The lowest BCUT2D eigenvalue weighted by Gasteiger charge is -2.17. The molecule has 3 aromatic carbocycles. The Labute approximate surface area is 189 Å². The second-order valence-electron chi connectivity index (χ2n) is 7.90. The number of nitrogens with zero attached hydrogens (tertiary/aromatic N) is 2. The van der Waals surface area contributed by atoms with Gasteiger partial charge in [-0.15, -0.1) is 0 Å². The Morgan fingerprint density at radius 1 is 0.969 bits per heavy atom. The number of nitrogens with one attached hydrogen (secondary N) is 1. The third-order valence-corrected chi connectivity index (χ3v) is 5.47. The van der Waals surface area contributed by atoms with Gasteiger partial charge in [-0.1, -0.05) is 60.7 Å². The Morgan fingerprint density at radius 2 is 1.66 bits per heavy atom. The van der Waals surface area contributed by atoms with E-state index in [0.717, 1.165) is 42.0 Å². The Bertz CT molecular complexity index is 1140. The predicted octanol–water partition coefficient (Wildman–Crippen LogP) is 5.32. The number of ether oxygens (including phenoxy) is 1. The van der Waals surface area contributed by atoms with Crippen LogP contribution in [0.5, 0.6) is 5.75 Å². The number of carbonyl (C=O) groups is 1. The van der Waals surface area contributed by atoms with Gasteiger partial charge in [-0.25, -0.2) is 4.98 Å². The largest absolute Gasteiger partial charge is 0.494 e. The fourth-order valence-corrected chi connectivity index (χ4v) is 3.87. The second-order valence-corrected chi connectivity index (χ2v) is 7.90. The number of rotatable bonds is 10. The predicted molar refractivity (Wildman–Crippen MR) is 128 cm³/mol. The fraction of sp³-hybridized carbons (Fsp3) is 0.259. The maximum Gasteiger partial charge on any atom is 0.220 e. The molecule has 1 atom stereocenters. The smallest absolute Gasteiger partial charge is 0.220 e. The molecule has 0 fully saturated rings. The van der Waals surface area contributed by atoms with Crippen LogP contribution in [-0.2, 0) is 17.8 Å². The van der Waals surface area contributed by atoms with Crippen LogP contribution >= 0.6 is 0 Å². The lowest BCUT2D eigenvalue weighted by Crippen LogP contribution is -2.29. The van der Waals surface area contributed by atoms with Crippen molar-refractivity contribution in [3.05, 3.63) is 96.3 Å². The molecule has 1 amide bonds. The van der Waals surface area contributed by atoms with Crippen molar-refractivity contribution < 1.29 is 9.53 Å². The number of carbonyl (C=O) groups excluding carboxylic acids is 1. The number of para-hydroxylation sites is 3. The molecule has 5 heteroatoms. The van der Waals surface area contributed by atoms with Crippen LogP contribution in [0.2, 0.25) is 0 Å². The second kappa shape index (κ2) is 10.6. The Balaban J connectivity index is 1.40. The molecule has 0 aliphatic rings. The summed E-state index contributed by atoms with van der Waals surface area (Å²) in [5, 5.41) is 3.13. The number of amides is 1. The standard InChI is InChI=1S/C27H29N3O2/c1-21(28-26(31)18-17-22-11-4-2-5-12-22)27-29-24-15-8-9-16-25(24)30(27)19-10-20-32-23-13-6-3-7-14-23/h2-9,11-16,21H,10,17-20H2,1H3,(H,28,31). The third-order valence-electron chi connectivity index (χ3n) is 5.47. The minimum Gasteiger partial charge on any atom is -0.494 e. The van der Waals surface area contributed by atoms with Crippen molar-refractivity contribution in [2.24, 2.45) is 0 Å². The van der Waals surface area contributed by atoms with Crippen molar-refractivity contribution in [1.29, 1.82) is 0 Å². The molecule has 1 aromatic heterocycles. The SMILES string of the molecule is CC(NC(=O)CCc1ccccc1)c1nc2ccccc2n1CCCOc1ccccc1. The molecule has 0 saturated carbocycles. The zero-order chi connectivity index (χ0) is 22.2. The molecule has 0 saturated heterocycles. The van der Waals surface area contributed by atoms with Gasteiger partial charge in [0.15, 0.2) is 0 Å². The molecule has 5 nitrogen and oxygen atoms in total. The van der Waals surface area contributed by atoms with Crippen LogP contribution < -0.4 is 10.1 Å².